The summed E-state index contributed by atoms with van der Waals surface area (Å²) in [5.41, 5.74) is -0.514. The third-order valence-electron chi connectivity index (χ3n) is 3.19. The molecule has 0 radical (unpaired) electrons. The van der Waals surface area contributed by atoms with Crippen LogP contribution in [0.3, 0.4) is 0 Å². The number of piperazine rings is 1. The first-order valence-corrected chi connectivity index (χ1v) is 8.09. The number of ether oxygens (including phenoxy) is 1. The first kappa shape index (κ1) is 16.5. The van der Waals surface area contributed by atoms with Crippen molar-refractivity contribution in [3.63, 3.8) is 0 Å². The fraction of sp³-hybridized carbons (Fsp3) is 0.643. The molecule has 0 aliphatic carbocycles. The van der Waals surface area contributed by atoms with E-state index in [1.54, 1.807) is 21.4 Å². The molecule has 0 aromatic carbocycles. The van der Waals surface area contributed by atoms with Crippen molar-refractivity contribution < 1.29 is 14.3 Å². The van der Waals surface area contributed by atoms with Crippen molar-refractivity contribution in [1.29, 1.82) is 0 Å². The van der Waals surface area contributed by atoms with Crippen LogP contribution in [0.25, 0.3) is 0 Å². The van der Waals surface area contributed by atoms with E-state index in [4.69, 9.17) is 4.74 Å². The molecule has 2 rings (SSSR count). The standard InChI is InChI=1S/C14H22N4O3S/c1-10-9-17(13(20)21-14(2,3)4)6-7-18(10)12(19)16-11-15-5-8-22-11/h5,8,10H,6-7,9H2,1-4H3,(H,15,16,19). The predicted molar refractivity (Wildman–Crippen MR) is 85.1 cm³/mol. The number of nitrogens with one attached hydrogen (secondary N) is 1. The SMILES string of the molecule is CC1CN(C(=O)OC(C)(C)C)CCN1C(=O)Nc1nccs1. The van der Waals surface area contributed by atoms with Crippen LogP contribution >= 0.6 is 11.3 Å². The fourth-order valence-corrected chi connectivity index (χ4v) is 2.72. The molecule has 1 saturated heterocycles. The number of nitrogens with zero attached hydrogens (tertiary/aromatic N) is 3. The lowest BCUT2D eigenvalue weighted by atomic mass is 10.2. The molecule has 1 aliphatic rings. The number of anilines is 1. The number of carbonyl (C=O) groups excluding carboxylic acids is 2. The maximum Gasteiger partial charge on any atom is 0.410 e. The average Bonchev–Trinajstić information content (AvgIpc) is 2.89. The van der Waals surface area contributed by atoms with Crippen molar-refractivity contribution in [1.82, 2.24) is 14.8 Å². The molecule has 1 N–H and O–H groups in total. The first-order chi connectivity index (χ1) is 10.3. The third-order valence-corrected chi connectivity index (χ3v) is 3.87. The molecular formula is C14H22N4O3S. The predicted octanol–water partition coefficient (Wildman–Crippen LogP) is 2.62. The largest absolute Gasteiger partial charge is 0.444 e. The van der Waals surface area contributed by atoms with Gasteiger partial charge in [0, 0.05) is 37.3 Å². The van der Waals surface area contributed by atoms with Gasteiger partial charge in [0.2, 0.25) is 0 Å². The average molecular weight is 326 g/mol. The van der Waals surface area contributed by atoms with E-state index in [0.717, 1.165) is 0 Å². The number of hydrogen-bond donors (Lipinski definition) is 1. The molecule has 2 heterocycles. The van der Waals surface area contributed by atoms with Crippen LogP contribution in [0.4, 0.5) is 14.7 Å². The van der Waals surface area contributed by atoms with Gasteiger partial charge in [0.1, 0.15) is 5.60 Å². The van der Waals surface area contributed by atoms with Crippen molar-refractivity contribution in [3.8, 4) is 0 Å². The van der Waals surface area contributed by atoms with Gasteiger partial charge in [0.15, 0.2) is 5.13 Å². The summed E-state index contributed by atoms with van der Waals surface area (Å²) in [5, 5.41) is 5.14. The minimum Gasteiger partial charge on any atom is -0.444 e. The number of carbonyl (C=O) groups is 2. The quantitative estimate of drug-likeness (QED) is 0.861. The summed E-state index contributed by atoms with van der Waals surface area (Å²) in [6.45, 7) is 8.82. The van der Waals surface area contributed by atoms with Crippen LogP contribution in [-0.2, 0) is 4.74 Å². The molecule has 1 atom stereocenters. The zero-order chi connectivity index (χ0) is 16.3. The van der Waals surface area contributed by atoms with Gasteiger partial charge in [0.25, 0.3) is 0 Å². The van der Waals surface area contributed by atoms with Gasteiger partial charge in [-0.25, -0.2) is 14.6 Å². The topological polar surface area (TPSA) is 74.8 Å². The minimum atomic E-state index is -0.514. The zero-order valence-corrected chi connectivity index (χ0v) is 14.1. The van der Waals surface area contributed by atoms with Crippen molar-refractivity contribution in [2.24, 2.45) is 0 Å². The summed E-state index contributed by atoms with van der Waals surface area (Å²) in [7, 11) is 0. The van der Waals surface area contributed by atoms with E-state index in [1.165, 1.54) is 11.3 Å². The third kappa shape index (κ3) is 4.33. The van der Waals surface area contributed by atoms with Crippen molar-refractivity contribution in [2.75, 3.05) is 25.0 Å². The Bertz CT molecular complexity index is 527. The van der Waals surface area contributed by atoms with Crippen LogP contribution in [0.15, 0.2) is 11.6 Å². The smallest absolute Gasteiger partial charge is 0.410 e. The van der Waals surface area contributed by atoms with Crippen LogP contribution in [-0.4, -0.2) is 58.2 Å². The van der Waals surface area contributed by atoms with Crippen molar-refractivity contribution in [2.45, 2.75) is 39.3 Å². The van der Waals surface area contributed by atoms with Gasteiger partial charge in [-0.3, -0.25) is 5.32 Å². The van der Waals surface area contributed by atoms with Gasteiger partial charge in [0.05, 0.1) is 0 Å². The Hall–Kier alpha value is -1.83. The number of rotatable bonds is 1. The van der Waals surface area contributed by atoms with Crippen molar-refractivity contribution in [3.05, 3.63) is 11.6 Å². The molecular weight excluding hydrogens is 304 g/mol. The number of thiazole rings is 1. The summed E-state index contributed by atoms with van der Waals surface area (Å²) in [6, 6.07) is -0.271. The highest BCUT2D eigenvalue weighted by atomic mass is 32.1. The molecule has 1 unspecified atom stereocenters. The highest BCUT2D eigenvalue weighted by Gasteiger charge is 2.32. The van der Waals surface area contributed by atoms with E-state index >= 15 is 0 Å². The Balaban J connectivity index is 1.89. The van der Waals surface area contributed by atoms with Gasteiger partial charge < -0.3 is 14.5 Å². The second-order valence-electron chi connectivity index (χ2n) is 6.24. The van der Waals surface area contributed by atoms with Gasteiger partial charge in [-0.05, 0) is 27.7 Å². The number of urea groups is 1. The molecule has 0 spiro atoms. The van der Waals surface area contributed by atoms with E-state index in [9.17, 15) is 9.59 Å². The number of amides is 3. The van der Waals surface area contributed by atoms with E-state index in [-0.39, 0.29) is 18.2 Å². The maximum absolute atomic E-state index is 12.2. The summed E-state index contributed by atoms with van der Waals surface area (Å²) in [5.74, 6) is 0. The van der Waals surface area contributed by atoms with Crippen LogP contribution < -0.4 is 5.32 Å². The number of hydrogen-bond acceptors (Lipinski definition) is 5. The Morgan fingerprint density at radius 1 is 1.41 bits per heavy atom. The highest BCUT2D eigenvalue weighted by Crippen LogP contribution is 2.17. The fourth-order valence-electron chi connectivity index (χ4n) is 2.20. The van der Waals surface area contributed by atoms with E-state index < -0.39 is 5.60 Å². The van der Waals surface area contributed by atoms with Crippen molar-refractivity contribution >= 4 is 28.6 Å². The lowest BCUT2D eigenvalue weighted by Crippen LogP contribution is -2.57. The monoisotopic (exact) mass is 326 g/mol. The molecule has 3 amide bonds. The van der Waals surface area contributed by atoms with Crippen LogP contribution in [0.5, 0.6) is 0 Å². The van der Waals surface area contributed by atoms with E-state index in [0.29, 0.717) is 24.8 Å². The second kappa shape index (κ2) is 6.51. The lowest BCUT2D eigenvalue weighted by molar-refractivity contribution is 0.0112. The molecule has 1 aromatic rings. The first-order valence-electron chi connectivity index (χ1n) is 7.21. The molecule has 122 valence electrons. The second-order valence-corrected chi connectivity index (χ2v) is 7.13. The van der Waals surface area contributed by atoms with Crippen LogP contribution in [0.1, 0.15) is 27.7 Å². The van der Waals surface area contributed by atoms with Gasteiger partial charge in [-0.2, -0.15) is 0 Å². The van der Waals surface area contributed by atoms with Crippen LogP contribution in [0, 0.1) is 0 Å². The Morgan fingerprint density at radius 2 is 2.14 bits per heavy atom. The molecule has 22 heavy (non-hydrogen) atoms. The van der Waals surface area contributed by atoms with Gasteiger partial charge in [-0.15, -0.1) is 11.3 Å². The summed E-state index contributed by atoms with van der Waals surface area (Å²) in [6.07, 6.45) is 1.31. The highest BCUT2D eigenvalue weighted by molar-refractivity contribution is 7.13. The lowest BCUT2D eigenvalue weighted by Gasteiger charge is -2.39. The Morgan fingerprint density at radius 3 is 2.68 bits per heavy atom. The maximum atomic E-state index is 12.2. The normalized spacial score (nSPS) is 19.0. The van der Waals surface area contributed by atoms with Crippen LogP contribution in [0.2, 0.25) is 0 Å². The molecule has 7 nitrogen and oxygen atoms in total. The molecule has 0 bridgehead atoms. The molecule has 0 saturated carbocycles. The molecule has 1 aromatic heterocycles. The summed E-state index contributed by atoms with van der Waals surface area (Å²) < 4.78 is 5.37. The summed E-state index contributed by atoms with van der Waals surface area (Å²) in [4.78, 5) is 31.7. The Labute approximate surface area is 134 Å². The summed E-state index contributed by atoms with van der Waals surface area (Å²) >= 11 is 1.37. The van der Waals surface area contributed by atoms with E-state index in [1.807, 2.05) is 27.7 Å². The zero-order valence-electron chi connectivity index (χ0n) is 13.3. The van der Waals surface area contributed by atoms with Gasteiger partial charge in [-0.1, -0.05) is 0 Å². The molecule has 1 aliphatic heterocycles. The van der Waals surface area contributed by atoms with Gasteiger partial charge >= 0.3 is 12.1 Å². The van der Waals surface area contributed by atoms with E-state index in [2.05, 4.69) is 10.3 Å². The molecule has 8 heteroatoms. The minimum absolute atomic E-state index is 0.0822. The Kier molecular flexibility index (Phi) is 4.90. The molecule has 1 fully saturated rings. The number of aromatic nitrogens is 1.